The van der Waals surface area contributed by atoms with Gasteiger partial charge in [-0.1, -0.05) is 12.1 Å². The van der Waals surface area contributed by atoms with E-state index in [2.05, 4.69) is 10.3 Å². The fourth-order valence-corrected chi connectivity index (χ4v) is 4.20. The molecule has 2 N–H and O–H groups in total. The van der Waals surface area contributed by atoms with Gasteiger partial charge in [0.15, 0.2) is 10.6 Å². The number of thiazole rings is 1. The number of aromatic nitrogens is 1. The number of thiophene rings is 1. The molecule has 0 aliphatic carbocycles. The molecule has 0 saturated heterocycles. The number of fused-ring (bicyclic) bond motifs is 1. The standard InChI is InChI=1S/C18H14N2O3S2/c21-16(17-20-13-4-1-2-5-14(13)25-17)19-11-18(22,12-7-9-24-10-12)15-6-3-8-23-15/h1-10,22H,11H2,(H,19,21). The first-order valence-electron chi connectivity index (χ1n) is 7.59. The van der Waals surface area contributed by atoms with Gasteiger partial charge in [0, 0.05) is 5.56 Å². The summed E-state index contributed by atoms with van der Waals surface area (Å²) in [6.07, 6.45) is 1.50. The Bertz CT molecular complexity index is 923. The minimum absolute atomic E-state index is 0.00793. The van der Waals surface area contributed by atoms with Crippen molar-refractivity contribution >= 4 is 38.8 Å². The van der Waals surface area contributed by atoms with Gasteiger partial charge in [0.2, 0.25) is 0 Å². The van der Waals surface area contributed by atoms with Crippen molar-refractivity contribution in [2.45, 2.75) is 5.60 Å². The van der Waals surface area contributed by atoms with Crippen molar-refractivity contribution in [1.82, 2.24) is 10.3 Å². The Morgan fingerprint density at radius 3 is 2.84 bits per heavy atom. The van der Waals surface area contributed by atoms with Crippen LogP contribution in [0.3, 0.4) is 0 Å². The third kappa shape index (κ3) is 2.97. The smallest absolute Gasteiger partial charge is 0.280 e. The molecule has 7 heteroatoms. The van der Waals surface area contributed by atoms with Gasteiger partial charge >= 0.3 is 0 Å². The zero-order valence-corrected chi connectivity index (χ0v) is 14.6. The van der Waals surface area contributed by atoms with Crippen LogP contribution in [0.4, 0.5) is 0 Å². The second kappa shape index (κ2) is 6.44. The lowest BCUT2D eigenvalue weighted by Crippen LogP contribution is -2.41. The maximum atomic E-state index is 12.5. The molecule has 0 radical (unpaired) electrons. The SMILES string of the molecule is O=C(NCC(O)(c1ccsc1)c1ccco1)c1nc2ccccc2s1. The number of rotatable bonds is 5. The number of hydrogen-bond donors (Lipinski definition) is 2. The lowest BCUT2D eigenvalue weighted by atomic mass is 9.93. The number of nitrogens with one attached hydrogen (secondary N) is 1. The maximum absolute atomic E-state index is 12.5. The van der Waals surface area contributed by atoms with Gasteiger partial charge in [0.05, 0.1) is 23.0 Å². The molecule has 4 rings (SSSR count). The zero-order valence-electron chi connectivity index (χ0n) is 13.0. The lowest BCUT2D eigenvalue weighted by Gasteiger charge is -2.25. The summed E-state index contributed by atoms with van der Waals surface area (Å²) in [5.74, 6) is 0.0666. The summed E-state index contributed by atoms with van der Waals surface area (Å²) in [5, 5.41) is 18.0. The minimum atomic E-state index is -1.42. The molecule has 1 aromatic carbocycles. The van der Waals surface area contributed by atoms with Gasteiger partial charge in [-0.25, -0.2) is 4.98 Å². The van der Waals surface area contributed by atoms with Crippen molar-refractivity contribution in [3.63, 3.8) is 0 Å². The van der Waals surface area contributed by atoms with Crippen molar-refractivity contribution in [2.24, 2.45) is 0 Å². The number of amides is 1. The summed E-state index contributed by atoms with van der Waals surface area (Å²) in [4.78, 5) is 16.8. The van der Waals surface area contributed by atoms with Crippen LogP contribution in [-0.2, 0) is 5.60 Å². The van der Waals surface area contributed by atoms with Crippen LogP contribution < -0.4 is 5.32 Å². The molecular weight excluding hydrogens is 356 g/mol. The van der Waals surface area contributed by atoms with Crippen LogP contribution in [0.1, 0.15) is 21.1 Å². The average molecular weight is 370 g/mol. The third-order valence-corrected chi connectivity index (χ3v) is 5.64. The van der Waals surface area contributed by atoms with E-state index >= 15 is 0 Å². The first kappa shape index (κ1) is 16.0. The molecule has 0 saturated carbocycles. The second-order valence-corrected chi connectivity index (χ2v) is 7.33. The highest BCUT2D eigenvalue weighted by Crippen LogP contribution is 2.31. The van der Waals surface area contributed by atoms with Crippen LogP contribution in [0.15, 0.2) is 63.9 Å². The minimum Gasteiger partial charge on any atom is -0.466 e. The first-order valence-corrected chi connectivity index (χ1v) is 9.35. The Kier molecular flexibility index (Phi) is 4.12. The zero-order chi connectivity index (χ0) is 17.3. The number of furan rings is 1. The summed E-state index contributed by atoms with van der Waals surface area (Å²) in [7, 11) is 0. The fraction of sp³-hybridized carbons (Fsp3) is 0.111. The topological polar surface area (TPSA) is 75.4 Å². The number of carbonyl (C=O) groups is 1. The highest BCUT2D eigenvalue weighted by atomic mass is 32.1. The van der Waals surface area contributed by atoms with Crippen LogP contribution in [0.5, 0.6) is 0 Å². The van der Waals surface area contributed by atoms with Gasteiger partial charge in [-0.3, -0.25) is 4.79 Å². The van der Waals surface area contributed by atoms with Gasteiger partial charge in [-0.05, 0) is 41.1 Å². The van der Waals surface area contributed by atoms with E-state index in [0.717, 1.165) is 10.2 Å². The van der Waals surface area contributed by atoms with Crippen molar-refractivity contribution in [2.75, 3.05) is 6.54 Å². The molecule has 1 unspecified atom stereocenters. The van der Waals surface area contributed by atoms with Crippen LogP contribution in [0, 0.1) is 0 Å². The summed E-state index contributed by atoms with van der Waals surface area (Å²) in [6, 6.07) is 12.8. The molecule has 0 aliphatic heterocycles. The van der Waals surface area contributed by atoms with Gasteiger partial charge in [-0.15, -0.1) is 11.3 Å². The quantitative estimate of drug-likeness (QED) is 0.563. The Morgan fingerprint density at radius 2 is 2.12 bits per heavy atom. The van der Waals surface area contributed by atoms with Crippen molar-refractivity contribution in [1.29, 1.82) is 0 Å². The van der Waals surface area contributed by atoms with E-state index in [0.29, 0.717) is 16.3 Å². The van der Waals surface area contributed by atoms with E-state index in [4.69, 9.17) is 4.42 Å². The molecule has 4 aromatic rings. The Labute approximate surface area is 151 Å². The van der Waals surface area contributed by atoms with Crippen molar-refractivity contribution < 1.29 is 14.3 Å². The highest BCUT2D eigenvalue weighted by molar-refractivity contribution is 7.20. The van der Waals surface area contributed by atoms with E-state index in [-0.39, 0.29) is 12.5 Å². The fourth-order valence-electron chi connectivity index (χ4n) is 2.60. The molecule has 25 heavy (non-hydrogen) atoms. The predicted molar refractivity (Wildman–Crippen MR) is 98.0 cm³/mol. The largest absolute Gasteiger partial charge is 0.466 e. The number of aliphatic hydroxyl groups is 1. The van der Waals surface area contributed by atoms with E-state index in [1.807, 2.05) is 41.1 Å². The lowest BCUT2D eigenvalue weighted by molar-refractivity contribution is 0.0528. The summed E-state index contributed by atoms with van der Waals surface area (Å²) >= 11 is 2.80. The Morgan fingerprint density at radius 1 is 1.24 bits per heavy atom. The molecule has 0 bridgehead atoms. The van der Waals surface area contributed by atoms with Crippen LogP contribution >= 0.6 is 22.7 Å². The normalized spacial score (nSPS) is 13.6. The maximum Gasteiger partial charge on any atom is 0.280 e. The van der Waals surface area contributed by atoms with E-state index in [9.17, 15) is 9.90 Å². The number of nitrogens with zero attached hydrogens (tertiary/aromatic N) is 1. The summed E-state index contributed by atoms with van der Waals surface area (Å²) in [5.41, 5.74) is 0.0457. The number of benzene rings is 1. The van der Waals surface area contributed by atoms with Gasteiger partial charge in [0.1, 0.15) is 5.76 Å². The number of para-hydroxylation sites is 1. The summed E-state index contributed by atoms with van der Waals surface area (Å²) in [6.45, 7) is -0.00793. The van der Waals surface area contributed by atoms with Crippen LogP contribution in [-0.4, -0.2) is 22.5 Å². The van der Waals surface area contributed by atoms with E-state index in [1.165, 1.54) is 28.9 Å². The molecule has 5 nitrogen and oxygen atoms in total. The van der Waals surface area contributed by atoms with Crippen molar-refractivity contribution in [3.05, 3.63) is 75.8 Å². The van der Waals surface area contributed by atoms with E-state index in [1.54, 1.807) is 12.1 Å². The molecule has 0 spiro atoms. The molecule has 1 amide bonds. The number of carbonyl (C=O) groups excluding carboxylic acids is 1. The molecule has 0 aliphatic rings. The Hall–Kier alpha value is -2.48. The van der Waals surface area contributed by atoms with Crippen molar-refractivity contribution in [3.8, 4) is 0 Å². The molecule has 3 aromatic heterocycles. The molecule has 126 valence electrons. The second-order valence-electron chi connectivity index (χ2n) is 5.52. The monoisotopic (exact) mass is 370 g/mol. The molecule has 3 heterocycles. The van der Waals surface area contributed by atoms with Gasteiger partial charge < -0.3 is 14.8 Å². The predicted octanol–water partition coefficient (Wildman–Crippen LogP) is 3.62. The van der Waals surface area contributed by atoms with Crippen LogP contribution in [0.25, 0.3) is 10.2 Å². The Balaban J connectivity index is 1.58. The van der Waals surface area contributed by atoms with Gasteiger partial charge in [-0.2, -0.15) is 11.3 Å². The van der Waals surface area contributed by atoms with Gasteiger partial charge in [0.25, 0.3) is 5.91 Å². The van der Waals surface area contributed by atoms with E-state index < -0.39 is 5.60 Å². The summed E-state index contributed by atoms with van der Waals surface area (Å²) < 4.78 is 6.35. The third-order valence-electron chi connectivity index (χ3n) is 3.92. The number of hydrogen-bond acceptors (Lipinski definition) is 6. The highest BCUT2D eigenvalue weighted by Gasteiger charge is 2.35. The molecule has 0 fully saturated rings. The average Bonchev–Trinajstić information content (AvgIpc) is 3.40. The molecule has 1 atom stereocenters. The first-order chi connectivity index (χ1) is 12.2. The van der Waals surface area contributed by atoms with Crippen LogP contribution in [0.2, 0.25) is 0 Å². The molecular formula is C18H14N2O3S2.